The Morgan fingerprint density at radius 3 is 2.50 bits per heavy atom. The first kappa shape index (κ1) is 15.2. The highest BCUT2D eigenvalue weighted by molar-refractivity contribution is 5.26. The van der Waals surface area contributed by atoms with Crippen molar-refractivity contribution >= 4 is 0 Å². The number of likely N-dealkylation sites (N-methyl/N-ethyl adjacent to an activating group) is 1. The topological polar surface area (TPSA) is 24.5 Å². The lowest BCUT2D eigenvalue weighted by Gasteiger charge is -2.11. The highest BCUT2D eigenvalue weighted by Gasteiger charge is 1.98. The normalized spacial score (nSPS) is 11.1. The maximum absolute atomic E-state index is 5.53. The predicted molar refractivity (Wildman–Crippen MR) is 76.9 cm³/mol. The van der Waals surface area contributed by atoms with Crippen LogP contribution in [0, 0.1) is 0 Å². The number of aryl methyl sites for hydroxylation is 1. The molecule has 0 bridgehead atoms. The van der Waals surface area contributed by atoms with E-state index < -0.39 is 0 Å². The van der Waals surface area contributed by atoms with Crippen molar-refractivity contribution in [1.29, 1.82) is 0 Å². The van der Waals surface area contributed by atoms with E-state index in [9.17, 15) is 0 Å². The van der Waals surface area contributed by atoms with Gasteiger partial charge in [-0.25, -0.2) is 0 Å². The maximum atomic E-state index is 5.53. The zero-order valence-corrected chi connectivity index (χ0v) is 11.9. The number of rotatable bonds is 9. The van der Waals surface area contributed by atoms with Crippen LogP contribution in [0.5, 0.6) is 0 Å². The summed E-state index contributed by atoms with van der Waals surface area (Å²) in [4.78, 5) is 2.13. The molecule has 1 aromatic rings. The Bertz CT molecular complexity index is 326. The van der Waals surface area contributed by atoms with Crippen molar-refractivity contribution in [3.8, 4) is 0 Å². The lowest BCUT2D eigenvalue weighted by Crippen LogP contribution is -2.23. The molecule has 0 saturated heterocycles. The first-order valence-corrected chi connectivity index (χ1v) is 6.74. The third-order valence-corrected chi connectivity index (χ3v) is 2.92. The van der Waals surface area contributed by atoms with Gasteiger partial charge in [0.05, 0.1) is 13.2 Å². The van der Waals surface area contributed by atoms with Crippen LogP contribution >= 0.6 is 0 Å². The zero-order valence-electron chi connectivity index (χ0n) is 11.9. The molecule has 0 radical (unpaired) electrons. The van der Waals surface area contributed by atoms with E-state index in [4.69, 9.17) is 4.74 Å². The number of benzene rings is 1. The summed E-state index contributed by atoms with van der Waals surface area (Å²) in [7, 11) is 4.12. The molecule has 1 rings (SSSR count). The number of ether oxygens (including phenoxy) is 1. The summed E-state index contributed by atoms with van der Waals surface area (Å²) in [6, 6.07) is 8.60. The molecule has 0 heterocycles. The smallest absolute Gasteiger partial charge is 0.0593 e. The van der Waals surface area contributed by atoms with Gasteiger partial charge in [-0.05, 0) is 31.6 Å². The molecule has 3 nitrogen and oxygen atoms in total. The maximum Gasteiger partial charge on any atom is 0.0593 e. The minimum absolute atomic E-state index is 0.780. The van der Waals surface area contributed by atoms with Crippen molar-refractivity contribution in [1.82, 2.24) is 10.2 Å². The van der Waals surface area contributed by atoms with Crippen LogP contribution in [0.1, 0.15) is 18.1 Å². The number of hydrogen-bond acceptors (Lipinski definition) is 3. The largest absolute Gasteiger partial charge is 0.379 e. The standard InChI is InChI=1S/C15H26N2O/c1-4-14-7-5-6-8-15(14)13-16-9-11-18-12-10-17(2)3/h5-8,16H,4,9-13H2,1-3H3. The monoisotopic (exact) mass is 250 g/mol. The molecule has 0 aliphatic heterocycles. The van der Waals surface area contributed by atoms with E-state index in [2.05, 4.69) is 55.5 Å². The first-order valence-electron chi connectivity index (χ1n) is 6.74. The fourth-order valence-corrected chi connectivity index (χ4v) is 1.79. The van der Waals surface area contributed by atoms with Gasteiger partial charge in [0.15, 0.2) is 0 Å². The molecule has 1 N–H and O–H groups in total. The molecule has 0 aliphatic carbocycles. The van der Waals surface area contributed by atoms with Crippen LogP contribution in [0.2, 0.25) is 0 Å². The Labute approximate surface area is 111 Å². The summed E-state index contributed by atoms with van der Waals surface area (Å²) in [5.41, 5.74) is 2.83. The molecule has 0 saturated carbocycles. The van der Waals surface area contributed by atoms with E-state index in [0.29, 0.717) is 0 Å². The summed E-state index contributed by atoms with van der Waals surface area (Å²) in [6.07, 6.45) is 1.09. The average Bonchev–Trinajstić information content (AvgIpc) is 2.37. The molecule has 0 fully saturated rings. The van der Waals surface area contributed by atoms with E-state index in [1.54, 1.807) is 0 Å². The number of nitrogens with one attached hydrogen (secondary N) is 1. The van der Waals surface area contributed by atoms with Gasteiger partial charge < -0.3 is 15.0 Å². The van der Waals surface area contributed by atoms with Gasteiger partial charge >= 0.3 is 0 Å². The van der Waals surface area contributed by atoms with E-state index in [1.165, 1.54) is 11.1 Å². The molecule has 0 unspecified atom stereocenters. The van der Waals surface area contributed by atoms with E-state index in [1.807, 2.05) is 0 Å². The van der Waals surface area contributed by atoms with Crippen LogP contribution in [0.25, 0.3) is 0 Å². The van der Waals surface area contributed by atoms with Gasteiger partial charge in [-0.15, -0.1) is 0 Å². The van der Waals surface area contributed by atoms with Crippen LogP contribution in [-0.2, 0) is 17.7 Å². The second kappa shape index (κ2) is 9.09. The Hall–Kier alpha value is -0.900. The summed E-state index contributed by atoms with van der Waals surface area (Å²) >= 11 is 0. The van der Waals surface area contributed by atoms with Gasteiger partial charge in [0.2, 0.25) is 0 Å². The molecule has 18 heavy (non-hydrogen) atoms. The minimum atomic E-state index is 0.780. The molecule has 102 valence electrons. The highest BCUT2D eigenvalue weighted by atomic mass is 16.5. The van der Waals surface area contributed by atoms with Crippen LogP contribution in [-0.4, -0.2) is 45.3 Å². The van der Waals surface area contributed by atoms with Gasteiger partial charge in [0.1, 0.15) is 0 Å². The number of nitrogens with zero attached hydrogens (tertiary/aromatic N) is 1. The van der Waals surface area contributed by atoms with Gasteiger partial charge in [-0.1, -0.05) is 31.2 Å². The van der Waals surface area contributed by atoms with Crippen LogP contribution in [0.15, 0.2) is 24.3 Å². The van der Waals surface area contributed by atoms with Crippen LogP contribution in [0.3, 0.4) is 0 Å². The summed E-state index contributed by atoms with van der Waals surface area (Å²) < 4.78 is 5.53. The highest BCUT2D eigenvalue weighted by Crippen LogP contribution is 2.08. The first-order chi connectivity index (χ1) is 8.74. The molecule has 0 aromatic heterocycles. The van der Waals surface area contributed by atoms with E-state index in [0.717, 1.165) is 39.3 Å². The van der Waals surface area contributed by atoms with Gasteiger partial charge in [-0.3, -0.25) is 0 Å². The minimum Gasteiger partial charge on any atom is -0.379 e. The molecule has 0 atom stereocenters. The summed E-state index contributed by atoms with van der Waals surface area (Å²) in [5, 5.41) is 3.43. The lowest BCUT2D eigenvalue weighted by molar-refractivity contribution is 0.119. The number of hydrogen-bond donors (Lipinski definition) is 1. The SMILES string of the molecule is CCc1ccccc1CNCCOCCN(C)C. The Kier molecular flexibility index (Phi) is 7.65. The summed E-state index contributed by atoms with van der Waals surface area (Å²) in [5.74, 6) is 0. The Morgan fingerprint density at radius 2 is 1.83 bits per heavy atom. The third kappa shape index (κ3) is 6.15. The van der Waals surface area contributed by atoms with Gasteiger partial charge in [0, 0.05) is 19.6 Å². The third-order valence-electron chi connectivity index (χ3n) is 2.92. The molecule has 0 spiro atoms. The van der Waals surface area contributed by atoms with E-state index in [-0.39, 0.29) is 0 Å². The summed E-state index contributed by atoms with van der Waals surface area (Å²) in [6.45, 7) is 6.61. The predicted octanol–water partition coefficient (Wildman–Crippen LogP) is 1.92. The van der Waals surface area contributed by atoms with Crippen molar-refractivity contribution in [2.24, 2.45) is 0 Å². The molecule has 0 aliphatic rings. The fourth-order valence-electron chi connectivity index (χ4n) is 1.79. The van der Waals surface area contributed by atoms with Crippen molar-refractivity contribution in [2.75, 3.05) is 40.4 Å². The van der Waals surface area contributed by atoms with E-state index >= 15 is 0 Å². The van der Waals surface area contributed by atoms with Crippen molar-refractivity contribution in [3.05, 3.63) is 35.4 Å². The molecular weight excluding hydrogens is 224 g/mol. The van der Waals surface area contributed by atoms with Crippen LogP contribution < -0.4 is 5.32 Å². The average molecular weight is 250 g/mol. The fraction of sp³-hybridized carbons (Fsp3) is 0.600. The van der Waals surface area contributed by atoms with Gasteiger partial charge in [0.25, 0.3) is 0 Å². The van der Waals surface area contributed by atoms with Gasteiger partial charge in [-0.2, -0.15) is 0 Å². The Morgan fingerprint density at radius 1 is 1.11 bits per heavy atom. The van der Waals surface area contributed by atoms with Crippen molar-refractivity contribution in [2.45, 2.75) is 19.9 Å². The van der Waals surface area contributed by atoms with Crippen LogP contribution in [0.4, 0.5) is 0 Å². The quantitative estimate of drug-likeness (QED) is 0.678. The van der Waals surface area contributed by atoms with Crippen molar-refractivity contribution < 1.29 is 4.74 Å². The molecular formula is C15H26N2O. The van der Waals surface area contributed by atoms with Crippen molar-refractivity contribution in [3.63, 3.8) is 0 Å². The molecule has 1 aromatic carbocycles. The second-order valence-electron chi connectivity index (χ2n) is 4.71. The Balaban J connectivity index is 2.10. The second-order valence-corrected chi connectivity index (χ2v) is 4.71. The lowest BCUT2D eigenvalue weighted by atomic mass is 10.1. The molecule has 0 amide bonds. The zero-order chi connectivity index (χ0) is 13.2. The molecule has 3 heteroatoms.